The third kappa shape index (κ3) is 2.67. The molecule has 0 saturated heterocycles. The maximum atomic E-state index is 11.6. The molecule has 0 radical (unpaired) electrons. The maximum absolute atomic E-state index is 11.6. The molecule has 0 atom stereocenters. The van der Waals surface area contributed by atoms with E-state index in [9.17, 15) is 9.59 Å². The number of hydrazine groups is 2. The lowest BCUT2D eigenvalue weighted by atomic mass is 10.2. The van der Waals surface area contributed by atoms with Crippen LogP contribution in [0.4, 0.5) is 0 Å². The van der Waals surface area contributed by atoms with Gasteiger partial charge in [0.25, 0.3) is 5.91 Å². The van der Waals surface area contributed by atoms with Gasteiger partial charge in [-0.25, -0.2) is 0 Å². The van der Waals surface area contributed by atoms with Crippen LogP contribution < -0.4 is 16.4 Å². The van der Waals surface area contributed by atoms with Crippen molar-refractivity contribution in [3.05, 3.63) is 27.7 Å². The lowest BCUT2D eigenvalue weighted by Crippen LogP contribution is -2.45. The average Bonchev–Trinajstić information content (AvgIpc) is 2.68. The molecule has 88 valence electrons. The number of rotatable bonds is 4. The lowest BCUT2D eigenvalue weighted by molar-refractivity contribution is -0.110. The van der Waals surface area contributed by atoms with Gasteiger partial charge in [0.1, 0.15) is 0 Å². The first-order valence-electron chi connectivity index (χ1n) is 4.58. The van der Waals surface area contributed by atoms with E-state index >= 15 is 0 Å². The summed E-state index contributed by atoms with van der Waals surface area (Å²) in [7, 11) is 0. The van der Waals surface area contributed by atoms with Crippen molar-refractivity contribution >= 4 is 46.1 Å². The van der Waals surface area contributed by atoms with Crippen LogP contribution >= 0.6 is 23.6 Å². The number of thiazole rings is 1. The molecule has 6 nitrogen and oxygen atoms in total. The number of benzene rings is 1. The molecule has 1 aromatic heterocycles. The number of nitrogens with one attached hydrogen (secondary N) is 4. The van der Waals surface area contributed by atoms with Gasteiger partial charge in [0.05, 0.1) is 10.2 Å². The van der Waals surface area contributed by atoms with Crippen LogP contribution in [0.1, 0.15) is 10.4 Å². The van der Waals surface area contributed by atoms with Crippen LogP contribution in [0.5, 0.6) is 0 Å². The highest BCUT2D eigenvalue weighted by molar-refractivity contribution is 7.73. The minimum Gasteiger partial charge on any atom is -0.337 e. The van der Waals surface area contributed by atoms with E-state index in [-0.39, 0.29) is 5.91 Å². The summed E-state index contributed by atoms with van der Waals surface area (Å²) in [6, 6.07) is 5.17. The number of aromatic amines is 1. The highest BCUT2D eigenvalue weighted by atomic mass is 32.1. The predicted octanol–water partition coefficient (Wildman–Crippen LogP) is 0.854. The van der Waals surface area contributed by atoms with Gasteiger partial charge in [0.15, 0.2) is 3.95 Å². The fourth-order valence-electron chi connectivity index (χ4n) is 1.28. The van der Waals surface area contributed by atoms with Crippen molar-refractivity contribution < 1.29 is 9.59 Å². The fraction of sp³-hybridized carbons (Fsp3) is 0. The molecule has 8 heteroatoms. The zero-order chi connectivity index (χ0) is 12.3. The van der Waals surface area contributed by atoms with Crippen LogP contribution in [0.3, 0.4) is 0 Å². The van der Waals surface area contributed by atoms with E-state index in [1.807, 2.05) is 0 Å². The molecule has 0 bridgehead atoms. The van der Waals surface area contributed by atoms with Gasteiger partial charge < -0.3 is 4.98 Å². The summed E-state index contributed by atoms with van der Waals surface area (Å²) in [6.45, 7) is 0. The summed E-state index contributed by atoms with van der Waals surface area (Å²) in [5, 5.41) is 0. The first-order valence-corrected chi connectivity index (χ1v) is 5.80. The van der Waals surface area contributed by atoms with Crippen LogP contribution in [0, 0.1) is 3.95 Å². The summed E-state index contributed by atoms with van der Waals surface area (Å²) in [6.07, 6.45) is 0.418. The van der Waals surface area contributed by atoms with Crippen molar-refractivity contribution in [2.75, 3.05) is 0 Å². The van der Waals surface area contributed by atoms with Gasteiger partial charge in [-0.15, -0.1) is 16.9 Å². The van der Waals surface area contributed by atoms with Gasteiger partial charge in [-0.3, -0.25) is 20.4 Å². The van der Waals surface area contributed by atoms with Gasteiger partial charge in [-0.1, -0.05) is 0 Å². The molecule has 2 aromatic rings. The quantitative estimate of drug-likeness (QED) is 0.287. The standard InChI is InChI=1S/C9H8N4O2S2/c14-4-10-13-12-8(15)5-1-2-6-7(3-5)17-9(16)11-6/h1-4,13H,(H,10,14)(H,11,16)(H,12,15). The van der Waals surface area contributed by atoms with Crippen molar-refractivity contribution in [2.45, 2.75) is 0 Å². The summed E-state index contributed by atoms with van der Waals surface area (Å²) >= 11 is 6.41. The second-order valence-electron chi connectivity index (χ2n) is 3.07. The van der Waals surface area contributed by atoms with Gasteiger partial charge in [0, 0.05) is 5.56 Å². The van der Waals surface area contributed by atoms with Crippen molar-refractivity contribution in [1.82, 2.24) is 21.4 Å². The number of amides is 2. The van der Waals surface area contributed by atoms with Gasteiger partial charge >= 0.3 is 0 Å². The molecule has 0 aliphatic carbocycles. The normalized spacial score (nSPS) is 10.1. The molecular formula is C9H8N4O2S2. The highest BCUT2D eigenvalue weighted by Crippen LogP contribution is 2.20. The molecule has 1 heterocycles. The number of carbonyl (C=O) groups excluding carboxylic acids is 2. The van der Waals surface area contributed by atoms with Crippen molar-refractivity contribution in [3.63, 3.8) is 0 Å². The second-order valence-corrected chi connectivity index (χ2v) is 4.79. The summed E-state index contributed by atoms with van der Waals surface area (Å²) in [4.78, 5) is 24.6. The third-order valence-electron chi connectivity index (χ3n) is 1.99. The SMILES string of the molecule is O=CNNNC(=O)c1ccc2[nH]c(=S)sc2c1. The largest absolute Gasteiger partial charge is 0.337 e. The Morgan fingerprint density at radius 1 is 1.47 bits per heavy atom. The molecule has 0 saturated carbocycles. The molecule has 0 fully saturated rings. The van der Waals surface area contributed by atoms with Crippen molar-refractivity contribution in [3.8, 4) is 0 Å². The number of aromatic nitrogens is 1. The Morgan fingerprint density at radius 3 is 3.06 bits per heavy atom. The topological polar surface area (TPSA) is 86.0 Å². The van der Waals surface area contributed by atoms with Crippen LogP contribution in [0.25, 0.3) is 10.2 Å². The first-order chi connectivity index (χ1) is 8.20. The lowest BCUT2D eigenvalue weighted by Gasteiger charge is -2.04. The molecule has 2 amide bonds. The van der Waals surface area contributed by atoms with E-state index in [2.05, 4.69) is 21.4 Å². The Balaban J connectivity index is 2.20. The third-order valence-corrected chi connectivity index (χ3v) is 3.19. The Kier molecular flexibility index (Phi) is 3.47. The average molecular weight is 268 g/mol. The summed E-state index contributed by atoms with van der Waals surface area (Å²) in [5.74, 6) is -0.347. The predicted molar refractivity (Wildman–Crippen MR) is 66.8 cm³/mol. The van der Waals surface area contributed by atoms with Crippen molar-refractivity contribution in [2.24, 2.45) is 0 Å². The molecule has 1 aromatic carbocycles. The van der Waals surface area contributed by atoms with E-state index in [1.54, 1.807) is 18.2 Å². The molecule has 0 aliphatic heterocycles. The zero-order valence-corrected chi connectivity index (χ0v) is 10.1. The van der Waals surface area contributed by atoms with Crippen LogP contribution in [-0.2, 0) is 4.79 Å². The van der Waals surface area contributed by atoms with Crippen LogP contribution in [-0.4, -0.2) is 17.3 Å². The molecule has 0 spiro atoms. The van der Waals surface area contributed by atoms with E-state index in [4.69, 9.17) is 12.2 Å². The summed E-state index contributed by atoms with van der Waals surface area (Å²) < 4.78 is 1.57. The van der Waals surface area contributed by atoms with E-state index in [0.717, 1.165) is 10.2 Å². The van der Waals surface area contributed by atoms with E-state index in [1.165, 1.54) is 11.3 Å². The molecular weight excluding hydrogens is 260 g/mol. The highest BCUT2D eigenvalue weighted by Gasteiger charge is 2.06. The Morgan fingerprint density at radius 2 is 2.29 bits per heavy atom. The minimum atomic E-state index is -0.347. The van der Waals surface area contributed by atoms with Crippen LogP contribution in [0.2, 0.25) is 0 Å². The molecule has 2 rings (SSSR count). The second kappa shape index (κ2) is 5.04. The van der Waals surface area contributed by atoms with Gasteiger partial charge in [0.2, 0.25) is 6.41 Å². The molecule has 17 heavy (non-hydrogen) atoms. The number of hydrogen-bond donors (Lipinski definition) is 4. The number of carbonyl (C=O) groups is 2. The van der Waals surface area contributed by atoms with Gasteiger partial charge in [-0.2, -0.15) is 0 Å². The number of H-pyrrole nitrogens is 1. The van der Waals surface area contributed by atoms with E-state index < -0.39 is 0 Å². The minimum absolute atomic E-state index is 0.347. The van der Waals surface area contributed by atoms with Gasteiger partial charge in [-0.05, 0) is 30.4 Å². The summed E-state index contributed by atoms with van der Waals surface area (Å²) in [5.41, 5.74) is 8.03. The Hall–Kier alpha value is -1.77. The Bertz CT molecular complexity index is 619. The zero-order valence-electron chi connectivity index (χ0n) is 8.44. The van der Waals surface area contributed by atoms with E-state index in [0.29, 0.717) is 15.9 Å². The molecule has 0 aliphatic rings. The molecule has 4 N–H and O–H groups in total. The smallest absolute Gasteiger partial charge is 0.266 e. The number of hydrogen-bond acceptors (Lipinski definition) is 5. The van der Waals surface area contributed by atoms with Crippen LogP contribution in [0.15, 0.2) is 18.2 Å². The molecule has 0 unspecified atom stereocenters. The fourth-order valence-corrected chi connectivity index (χ4v) is 2.44. The van der Waals surface area contributed by atoms with Crippen molar-refractivity contribution in [1.29, 1.82) is 0 Å². The first kappa shape index (κ1) is 11.7. The number of fused-ring (bicyclic) bond motifs is 1. The maximum Gasteiger partial charge on any atom is 0.266 e. The Labute approximate surface area is 105 Å². The monoisotopic (exact) mass is 268 g/mol.